The van der Waals surface area contributed by atoms with Crippen LogP contribution in [0.5, 0.6) is 5.75 Å². The molecule has 14 heavy (non-hydrogen) atoms. The second-order valence-corrected chi connectivity index (χ2v) is 4.85. The van der Waals surface area contributed by atoms with Gasteiger partial charge in [-0.25, -0.2) is 0 Å². The van der Waals surface area contributed by atoms with Crippen molar-refractivity contribution in [2.24, 2.45) is 0 Å². The van der Waals surface area contributed by atoms with Crippen molar-refractivity contribution in [2.45, 2.75) is 12.5 Å². The number of ether oxygens (including phenoxy) is 1. The molecule has 74 valence electrons. The minimum absolute atomic E-state index is 0.444. The van der Waals surface area contributed by atoms with E-state index in [0.717, 1.165) is 30.2 Å². The average molecular weight is 207 g/mol. The number of hydrogen-bond acceptors (Lipinski definition) is 3. The van der Waals surface area contributed by atoms with Gasteiger partial charge < -0.3 is 10.1 Å². The van der Waals surface area contributed by atoms with E-state index in [1.807, 2.05) is 11.8 Å². The molecule has 2 heterocycles. The number of anilines is 1. The minimum atomic E-state index is 0.444. The summed E-state index contributed by atoms with van der Waals surface area (Å²) in [5, 5.41) is 3.36. The summed E-state index contributed by atoms with van der Waals surface area (Å²) in [6, 6.07) is 6.40. The highest BCUT2D eigenvalue weighted by atomic mass is 32.2. The molecule has 0 aromatic heterocycles. The Hall–Kier alpha value is -0.830. The van der Waals surface area contributed by atoms with Gasteiger partial charge in [0.05, 0.1) is 0 Å². The lowest BCUT2D eigenvalue weighted by atomic mass is 10.1. The van der Waals surface area contributed by atoms with Crippen LogP contribution in [-0.2, 0) is 6.42 Å². The maximum Gasteiger partial charge on any atom is 0.121 e. The molecular formula is C11H13NOS. The largest absolute Gasteiger partial charge is 0.489 e. The molecule has 1 aromatic rings. The Morgan fingerprint density at radius 3 is 3.07 bits per heavy atom. The van der Waals surface area contributed by atoms with Crippen molar-refractivity contribution in [2.75, 3.05) is 23.4 Å². The molecule has 0 atom stereocenters. The number of nitrogens with one attached hydrogen (secondary N) is 1. The van der Waals surface area contributed by atoms with Crippen molar-refractivity contribution >= 4 is 17.4 Å². The van der Waals surface area contributed by atoms with Crippen LogP contribution < -0.4 is 10.1 Å². The Bertz CT molecular complexity index is 349. The van der Waals surface area contributed by atoms with Crippen LogP contribution in [0, 0.1) is 0 Å². The molecule has 1 N–H and O–H groups in total. The fourth-order valence-electron chi connectivity index (χ4n) is 1.82. The first-order valence-electron chi connectivity index (χ1n) is 5.03. The molecule has 0 bridgehead atoms. The van der Waals surface area contributed by atoms with Crippen molar-refractivity contribution in [3.8, 4) is 5.75 Å². The fraction of sp³-hybridized carbons (Fsp3) is 0.455. The van der Waals surface area contributed by atoms with Gasteiger partial charge in [-0.2, -0.15) is 11.8 Å². The van der Waals surface area contributed by atoms with Crippen LogP contribution in [0.15, 0.2) is 18.2 Å². The summed E-state index contributed by atoms with van der Waals surface area (Å²) in [5.41, 5.74) is 2.68. The molecule has 1 fully saturated rings. The van der Waals surface area contributed by atoms with Gasteiger partial charge in [-0.05, 0) is 18.1 Å². The molecule has 0 saturated carbocycles. The SMILES string of the molecule is c1cc2c(cc1OC1CSC1)NCC2. The third-order valence-corrected chi connectivity index (χ3v) is 3.92. The third kappa shape index (κ3) is 1.46. The lowest BCUT2D eigenvalue weighted by molar-refractivity contribution is 0.240. The van der Waals surface area contributed by atoms with Gasteiger partial charge in [-0.1, -0.05) is 6.07 Å². The van der Waals surface area contributed by atoms with Crippen LogP contribution in [0.3, 0.4) is 0 Å². The Labute approximate surface area is 88.0 Å². The van der Waals surface area contributed by atoms with E-state index < -0.39 is 0 Å². The molecule has 0 aliphatic carbocycles. The predicted octanol–water partition coefficient (Wildman–Crippen LogP) is 2.15. The van der Waals surface area contributed by atoms with E-state index in [1.165, 1.54) is 11.3 Å². The summed E-state index contributed by atoms with van der Waals surface area (Å²) in [7, 11) is 0. The average Bonchev–Trinajstić information content (AvgIpc) is 2.58. The molecular weight excluding hydrogens is 194 g/mol. The molecule has 0 spiro atoms. The molecule has 3 rings (SSSR count). The fourth-order valence-corrected chi connectivity index (χ4v) is 2.38. The topological polar surface area (TPSA) is 21.3 Å². The van der Waals surface area contributed by atoms with Gasteiger partial charge >= 0.3 is 0 Å². The third-order valence-electron chi connectivity index (χ3n) is 2.70. The van der Waals surface area contributed by atoms with E-state index >= 15 is 0 Å². The number of thioether (sulfide) groups is 1. The maximum absolute atomic E-state index is 5.81. The van der Waals surface area contributed by atoms with Gasteiger partial charge in [0.1, 0.15) is 11.9 Å². The summed E-state index contributed by atoms with van der Waals surface area (Å²) in [6.45, 7) is 1.07. The molecule has 2 nitrogen and oxygen atoms in total. The van der Waals surface area contributed by atoms with E-state index in [9.17, 15) is 0 Å². The van der Waals surface area contributed by atoms with Gasteiger partial charge in [0.15, 0.2) is 0 Å². The monoisotopic (exact) mass is 207 g/mol. The standard InChI is InChI=1S/C11H13NOS/c1-2-9(13-10-6-14-7-10)5-11-8(1)3-4-12-11/h1-2,5,10,12H,3-4,6-7H2. The zero-order valence-electron chi connectivity index (χ0n) is 7.95. The molecule has 1 saturated heterocycles. The smallest absolute Gasteiger partial charge is 0.121 e. The van der Waals surface area contributed by atoms with Crippen molar-refractivity contribution in [1.29, 1.82) is 0 Å². The van der Waals surface area contributed by atoms with Crippen LogP contribution in [-0.4, -0.2) is 24.2 Å². The zero-order valence-corrected chi connectivity index (χ0v) is 8.77. The molecule has 0 unspecified atom stereocenters. The Morgan fingerprint density at radius 1 is 1.36 bits per heavy atom. The van der Waals surface area contributed by atoms with Crippen LogP contribution in [0.25, 0.3) is 0 Å². The molecule has 3 heteroatoms. The van der Waals surface area contributed by atoms with Gasteiger partial charge in [-0.15, -0.1) is 0 Å². The van der Waals surface area contributed by atoms with Crippen molar-refractivity contribution in [3.63, 3.8) is 0 Å². The highest BCUT2D eigenvalue weighted by Gasteiger charge is 2.20. The van der Waals surface area contributed by atoms with Crippen molar-refractivity contribution in [3.05, 3.63) is 23.8 Å². The molecule has 2 aliphatic heterocycles. The van der Waals surface area contributed by atoms with Crippen LogP contribution in [0.2, 0.25) is 0 Å². The highest BCUT2D eigenvalue weighted by Crippen LogP contribution is 2.29. The lowest BCUT2D eigenvalue weighted by Crippen LogP contribution is -2.30. The zero-order chi connectivity index (χ0) is 9.38. The van der Waals surface area contributed by atoms with E-state index in [0.29, 0.717) is 6.10 Å². The molecule has 1 aromatic carbocycles. The van der Waals surface area contributed by atoms with E-state index in [4.69, 9.17) is 4.74 Å². The van der Waals surface area contributed by atoms with Gasteiger partial charge in [0, 0.05) is 29.8 Å². The van der Waals surface area contributed by atoms with Crippen molar-refractivity contribution in [1.82, 2.24) is 0 Å². The molecule has 2 aliphatic rings. The normalized spacial score (nSPS) is 19.7. The quantitative estimate of drug-likeness (QED) is 0.803. The summed E-state index contributed by atoms with van der Waals surface area (Å²) in [5.74, 6) is 3.30. The Balaban J connectivity index is 1.78. The van der Waals surface area contributed by atoms with Crippen LogP contribution in [0.4, 0.5) is 5.69 Å². The maximum atomic E-state index is 5.81. The Kier molecular flexibility index (Phi) is 2.05. The lowest BCUT2D eigenvalue weighted by Gasteiger charge is -2.26. The summed E-state index contributed by atoms with van der Waals surface area (Å²) in [6.07, 6.45) is 1.59. The van der Waals surface area contributed by atoms with E-state index in [1.54, 1.807) is 0 Å². The van der Waals surface area contributed by atoms with Crippen LogP contribution >= 0.6 is 11.8 Å². The predicted molar refractivity (Wildman–Crippen MR) is 60.4 cm³/mol. The van der Waals surface area contributed by atoms with E-state index in [-0.39, 0.29) is 0 Å². The molecule has 0 amide bonds. The first-order valence-corrected chi connectivity index (χ1v) is 6.18. The van der Waals surface area contributed by atoms with E-state index in [2.05, 4.69) is 23.5 Å². The van der Waals surface area contributed by atoms with Gasteiger partial charge in [-0.3, -0.25) is 0 Å². The van der Waals surface area contributed by atoms with Gasteiger partial charge in [0.25, 0.3) is 0 Å². The Morgan fingerprint density at radius 2 is 2.29 bits per heavy atom. The van der Waals surface area contributed by atoms with Crippen LogP contribution in [0.1, 0.15) is 5.56 Å². The number of rotatable bonds is 2. The second-order valence-electron chi connectivity index (χ2n) is 3.77. The first-order chi connectivity index (χ1) is 6.92. The summed E-state index contributed by atoms with van der Waals surface area (Å²) in [4.78, 5) is 0. The number of hydrogen-bond donors (Lipinski definition) is 1. The second kappa shape index (κ2) is 3.39. The minimum Gasteiger partial charge on any atom is -0.489 e. The first kappa shape index (κ1) is 8.48. The highest BCUT2D eigenvalue weighted by molar-refractivity contribution is 8.00. The van der Waals surface area contributed by atoms with Crippen molar-refractivity contribution < 1.29 is 4.74 Å². The number of benzene rings is 1. The van der Waals surface area contributed by atoms with Gasteiger partial charge in [0.2, 0.25) is 0 Å². The summed E-state index contributed by atoms with van der Waals surface area (Å²) >= 11 is 1.95. The molecule has 0 radical (unpaired) electrons. The summed E-state index contributed by atoms with van der Waals surface area (Å²) < 4.78 is 5.81. The number of fused-ring (bicyclic) bond motifs is 1.